The van der Waals surface area contributed by atoms with Crippen molar-refractivity contribution in [3.63, 3.8) is 0 Å². The van der Waals surface area contributed by atoms with E-state index in [1.807, 2.05) is 0 Å². The van der Waals surface area contributed by atoms with Gasteiger partial charge >= 0.3 is 0 Å². The first-order valence-electron chi connectivity index (χ1n) is 5.09. The number of anilines is 1. The topological polar surface area (TPSA) is 49.2 Å². The van der Waals surface area contributed by atoms with Gasteiger partial charge in [-0.05, 0) is 19.3 Å². The normalized spacial score (nSPS) is 27.2. The van der Waals surface area contributed by atoms with Crippen LogP contribution < -0.4 is 4.90 Å². The Bertz CT molecular complexity index is 337. The highest BCUT2D eigenvalue weighted by molar-refractivity contribution is 7.09. The highest BCUT2D eigenvalue weighted by atomic mass is 32.1. The Morgan fingerprint density at radius 1 is 1.36 bits per heavy atom. The van der Waals surface area contributed by atoms with Crippen LogP contribution in [0.1, 0.15) is 31.0 Å². The van der Waals surface area contributed by atoms with Crippen molar-refractivity contribution in [3.05, 3.63) is 5.82 Å². The fraction of sp³-hybridized carbons (Fsp3) is 0.778. The van der Waals surface area contributed by atoms with Crippen LogP contribution in [0.2, 0.25) is 0 Å². The molecule has 0 bridgehead atoms. The molecule has 2 heterocycles. The summed E-state index contributed by atoms with van der Waals surface area (Å²) in [5.41, 5.74) is 0. The molecule has 2 aliphatic rings. The van der Waals surface area contributed by atoms with Crippen molar-refractivity contribution in [1.82, 2.24) is 9.36 Å². The molecule has 0 radical (unpaired) electrons. The van der Waals surface area contributed by atoms with Crippen molar-refractivity contribution >= 4 is 16.7 Å². The molecule has 14 heavy (non-hydrogen) atoms. The second kappa shape index (κ2) is 3.17. The van der Waals surface area contributed by atoms with E-state index in [2.05, 4.69) is 14.3 Å². The molecule has 3 rings (SSSR count). The highest BCUT2D eigenvalue weighted by Crippen LogP contribution is 2.39. The molecule has 1 saturated heterocycles. The third-order valence-electron chi connectivity index (χ3n) is 2.81. The van der Waals surface area contributed by atoms with Gasteiger partial charge in [0.15, 0.2) is 0 Å². The van der Waals surface area contributed by atoms with Gasteiger partial charge in [0, 0.05) is 30.5 Å². The molecule has 0 unspecified atom stereocenters. The van der Waals surface area contributed by atoms with Gasteiger partial charge in [0.1, 0.15) is 5.82 Å². The van der Waals surface area contributed by atoms with Crippen molar-refractivity contribution in [2.75, 3.05) is 18.0 Å². The molecule has 1 aliphatic heterocycles. The second-order valence-electron chi connectivity index (χ2n) is 4.10. The lowest BCUT2D eigenvalue weighted by Crippen LogP contribution is -2.20. The van der Waals surface area contributed by atoms with E-state index in [4.69, 9.17) is 0 Å². The van der Waals surface area contributed by atoms with Gasteiger partial charge < -0.3 is 10.0 Å². The van der Waals surface area contributed by atoms with Crippen LogP contribution in [-0.4, -0.2) is 33.7 Å². The Morgan fingerprint density at radius 2 is 2.21 bits per heavy atom. The molecular weight excluding hydrogens is 198 g/mol. The van der Waals surface area contributed by atoms with Crippen LogP contribution in [-0.2, 0) is 0 Å². The summed E-state index contributed by atoms with van der Waals surface area (Å²) >= 11 is 1.47. The Hall–Kier alpha value is -0.680. The SMILES string of the molecule is O[C@@H]1CCN(c2nc(C3CC3)ns2)C1. The van der Waals surface area contributed by atoms with Crippen molar-refractivity contribution in [3.8, 4) is 0 Å². The zero-order valence-electron chi connectivity index (χ0n) is 7.89. The van der Waals surface area contributed by atoms with Gasteiger partial charge in [0.2, 0.25) is 5.13 Å². The summed E-state index contributed by atoms with van der Waals surface area (Å²) in [6, 6.07) is 0. The van der Waals surface area contributed by atoms with E-state index in [-0.39, 0.29) is 6.10 Å². The van der Waals surface area contributed by atoms with Gasteiger partial charge in [0.05, 0.1) is 6.10 Å². The summed E-state index contributed by atoms with van der Waals surface area (Å²) in [6.45, 7) is 1.64. The van der Waals surface area contributed by atoms with Crippen LogP contribution in [0.25, 0.3) is 0 Å². The molecule has 1 N–H and O–H groups in total. The van der Waals surface area contributed by atoms with Gasteiger partial charge in [0.25, 0.3) is 0 Å². The van der Waals surface area contributed by atoms with Gasteiger partial charge in [-0.1, -0.05) is 0 Å². The molecule has 1 aliphatic carbocycles. The monoisotopic (exact) mass is 211 g/mol. The summed E-state index contributed by atoms with van der Waals surface area (Å²) in [5, 5.41) is 10.4. The zero-order valence-corrected chi connectivity index (χ0v) is 8.70. The number of aliphatic hydroxyl groups is 1. The van der Waals surface area contributed by atoms with Crippen LogP contribution in [0.3, 0.4) is 0 Å². The largest absolute Gasteiger partial charge is 0.391 e. The molecule has 0 amide bonds. The molecule has 0 aromatic carbocycles. The quantitative estimate of drug-likeness (QED) is 0.792. The standard InChI is InChI=1S/C9H13N3OS/c13-7-3-4-12(5-7)9-10-8(11-14-9)6-1-2-6/h6-7,13H,1-5H2/t7-/m1/s1. The molecule has 1 saturated carbocycles. The van der Waals surface area contributed by atoms with Gasteiger partial charge in [-0.15, -0.1) is 0 Å². The Morgan fingerprint density at radius 3 is 2.86 bits per heavy atom. The maximum absolute atomic E-state index is 9.40. The number of nitrogens with zero attached hydrogens (tertiary/aromatic N) is 3. The van der Waals surface area contributed by atoms with Crippen LogP contribution in [0.15, 0.2) is 0 Å². The molecule has 5 heteroatoms. The van der Waals surface area contributed by atoms with E-state index in [1.54, 1.807) is 0 Å². The maximum atomic E-state index is 9.40. The number of β-amino-alcohol motifs (C(OH)–C–C–N with tert-alkyl or cyclic N) is 1. The second-order valence-corrected chi connectivity index (χ2v) is 4.83. The molecule has 4 nitrogen and oxygen atoms in total. The van der Waals surface area contributed by atoms with E-state index in [1.165, 1.54) is 24.4 Å². The van der Waals surface area contributed by atoms with Crippen molar-refractivity contribution < 1.29 is 5.11 Å². The first kappa shape index (κ1) is 8.61. The number of hydrogen-bond donors (Lipinski definition) is 1. The van der Waals surface area contributed by atoms with E-state index in [9.17, 15) is 5.11 Å². The molecule has 76 valence electrons. The summed E-state index contributed by atoms with van der Waals surface area (Å²) in [6.07, 6.45) is 3.18. The zero-order chi connectivity index (χ0) is 9.54. The van der Waals surface area contributed by atoms with Crippen LogP contribution in [0.4, 0.5) is 5.13 Å². The highest BCUT2D eigenvalue weighted by Gasteiger charge is 2.30. The predicted octanol–water partition coefficient (Wildman–Crippen LogP) is 0.987. The van der Waals surface area contributed by atoms with E-state index >= 15 is 0 Å². The third-order valence-corrected chi connectivity index (χ3v) is 3.60. The summed E-state index contributed by atoms with van der Waals surface area (Å²) in [4.78, 5) is 6.64. The average molecular weight is 211 g/mol. The van der Waals surface area contributed by atoms with Gasteiger partial charge in [-0.25, -0.2) is 4.98 Å². The van der Waals surface area contributed by atoms with Crippen LogP contribution >= 0.6 is 11.5 Å². The lowest BCUT2D eigenvalue weighted by molar-refractivity contribution is 0.198. The van der Waals surface area contributed by atoms with E-state index < -0.39 is 0 Å². The van der Waals surface area contributed by atoms with Gasteiger partial charge in [-0.2, -0.15) is 4.37 Å². The van der Waals surface area contributed by atoms with E-state index in [0.29, 0.717) is 5.92 Å². The lowest BCUT2D eigenvalue weighted by Gasteiger charge is -2.11. The molecule has 1 aromatic heterocycles. The van der Waals surface area contributed by atoms with Crippen molar-refractivity contribution in [2.24, 2.45) is 0 Å². The minimum atomic E-state index is -0.178. The predicted molar refractivity (Wildman–Crippen MR) is 54.7 cm³/mol. The summed E-state index contributed by atoms with van der Waals surface area (Å²) in [5.74, 6) is 1.65. The number of rotatable bonds is 2. The molecule has 1 atom stereocenters. The summed E-state index contributed by atoms with van der Waals surface area (Å²) < 4.78 is 4.36. The van der Waals surface area contributed by atoms with Crippen molar-refractivity contribution in [2.45, 2.75) is 31.3 Å². The molecule has 2 fully saturated rings. The number of hydrogen-bond acceptors (Lipinski definition) is 5. The van der Waals surface area contributed by atoms with Crippen LogP contribution in [0, 0.1) is 0 Å². The minimum Gasteiger partial charge on any atom is -0.391 e. The minimum absolute atomic E-state index is 0.178. The smallest absolute Gasteiger partial charge is 0.205 e. The lowest BCUT2D eigenvalue weighted by atomic mass is 10.3. The fourth-order valence-electron chi connectivity index (χ4n) is 1.78. The number of aromatic nitrogens is 2. The third kappa shape index (κ3) is 1.50. The maximum Gasteiger partial charge on any atom is 0.205 e. The first-order valence-corrected chi connectivity index (χ1v) is 5.87. The first-order chi connectivity index (χ1) is 6.83. The molecular formula is C9H13N3OS. The Balaban J connectivity index is 1.75. The fourth-order valence-corrected chi connectivity index (χ4v) is 2.56. The van der Waals surface area contributed by atoms with Gasteiger partial charge in [-0.3, -0.25) is 0 Å². The average Bonchev–Trinajstić information content (AvgIpc) is 2.76. The molecule has 1 aromatic rings. The van der Waals surface area contributed by atoms with Crippen molar-refractivity contribution in [1.29, 1.82) is 0 Å². The molecule has 0 spiro atoms. The Kier molecular flexibility index (Phi) is 1.95. The Labute approximate surface area is 86.7 Å². The van der Waals surface area contributed by atoms with E-state index in [0.717, 1.165) is 30.5 Å². The summed E-state index contributed by atoms with van der Waals surface area (Å²) in [7, 11) is 0. The number of aliphatic hydroxyl groups excluding tert-OH is 1. The van der Waals surface area contributed by atoms with Crippen LogP contribution in [0.5, 0.6) is 0 Å².